The molecule has 1 aliphatic heterocycles. The van der Waals surface area contributed by atoms with E-state index in [2.05, 4.69) is 15.9 Å². The predicted octanol–water partition coefficient (Wildman–Crippen LogP) is 2.45. The average molecular weight is 311 g/mol. The number of aliphatic hydroxyl groups is 1. The highest BCUT2D eigenvalue weighted by molar-refractivity contribution is 9.10. The van der Waals surface area contributed by atoms with E-state index in [0.717, 1.165) is 0 Å². The van der Waals surface area contributed by atoms with E-state index in [1.807, 2.05) is 0 Å². The van der Waals surface area contributed by atoms with E-state index in [4.69, 9.17) is 14.2 Å². The van der Waals surface area contributed by atoms with Crippen LogP contribution in [-0.4, -0.2) is 23.8 Å². The smallest absolute Gasteiger partial charge is 0.330 e. The first-order valence-corrected chi connectivity index (χ1v) is 5.45. The van der Waals surface area contributed by atoms with Gasteiger partial charge in [-0.3, -0.25) is 0 Å². The summed E-state index contributed by atoms with van der Waals surface area (Å²) in [6, 6.07) is 2.58. The maximum Gasteiger partial charge on any atom is 0.330 e. The van der Waals surface area contributed by atoms with E-state index < -0.39 is 10.9 Å². The van der Waals surface area contributed by atoms with Crippen LogP contribution in [0.4, 0.5) is 8.78 Å². The normalized spacial score (nSPS) is 15.8. The van der Waals surface area contributed by atoms with Crippen LogP contribution in [0.5, 0.6) is 17.2 Å². The van der Waals surface area contributed by atoms with Gasteiger partial charge in [0.15, 0.2) is 17.6 Å². The summed E-state index contributed by atoms with van der Waals surface area (Å²) < 4.78 is 41.1. The Hall–Kier alpha value is -1.08. The molecule has 1 unspecified atom stereocenters. The second kappa shape index (κ2) is 4.30. The number of fused-ring (bicyclic) bond motifs is 1. The third-order valence-electron chi connectivity index (χ3n) is 2.31. The zero-order chi connectivity index (χ0) is 12.6. The summed E-state index contributed by atoms with van der Waals surface area (Å²) >= 11 is 2.11. The molecular weight excluding hydrogens is 302 g/mol. The molecule has 17 heavy (non-hydrogen) atoms. The molecule has 0 saturated heterocycles. The molecule has 0 amide bonds. The predicted molar refractivity (Wildman–Crippen MR) is 58.0 cm³/mol. The fraction of sp³-hybridized carbons (Fsp3) is 0.400. The summed E-state index contributed by atoms with van der Waals surface area (Å²) in [6.45, 7) is -0.00402. The summed E-state index contributed by atoms with van der Waals surface area (Å²) in [5, 5.41) is 9.46. The Labute approximate surface area is 104 Å². The van der Waals surface area contributed by atoms with Gasteiger partial charge < -0.3 is 19.3 Å². The van der Waals surface area contributed by atoms with Gasteiger partial charge in [-0.25, -0.2) is 0 Å². The molecule has 0 radical (unpaired) electrons. The number of halogens is 3. The highest BCUT2D eigenvalue weighted by Gasteiger charge is 2.37. The third-order valence-corrected chi connectivity index (χ3v) is 2.74. The SMILES string of the molecule is COc1cc(C(O)C(F)(F)Br)cc2c1OCO2. The molecule has 1 aromatic carbocycles. The number of aliphatic hydroxyl groups excluding tert-OH is 1. The van der Waals surface area contributed by atoms with Crippen LogP contribution in [0.2, 0.25) is 0 Å². The van der Waals surface area contributed by atoms with Crippen molar-refractivity contribution in [2.24, 2.45) is 0 Å². The van der Waals surface area contributed by atoms with Gasteiger partial charge in [0.1, 0.15) is 0 Å². The quantitative estimate of drug-likeness (QED) is 0.871. The van der Waals surface area contributed by atoms with Crippen molar-refractivity contribution in [1.82, 2.24) is 0 Å². The van der Waals surface area contributed by atoms with Crippen molar-refractivity contribution in [2.45, 2.75) is 10.9 Å². The van der Waals surface area contributed by atoms with Crippen molar-refractivity contribution in [1.29, 1.82) is 0 Å². The first-order valence-electron chi connectivity index (χ1n) is 4.66. The third kappa shape index (κ3) is 2.30. The summed E-state index contributed by atoms with van der Waals surface area (Å²) in [4.78, 5) is -3.42. The van der Waals surface area contributed by atoms with E-state index in [1.54, 1.807) is 0 Å². The Morgan fingerprint density at radius 3 is 2.76 bits per heavy atom. The van der Waals surface area contributed by atoms with Crippen LogP contribution in [0.3, 0.4) is 0 Å². The summed E-state index contributed by atoms with van der Waals surface area (Å²) in [7, 11) is 1.37. The Balaban J connectivity index is 2.43. The maximum absolute atomic E-state index is 12.9. The summed E-state index contributed by atoms with van der Waals surface area (Å²) in [6.07, 6.45) is -1.99. The lowest BCUT2D eigenvalue weighted by Crippen LogP contribution is -2.18. The highest BCUT2D eigenvalue weighted by Crippen LogP contribution is 2.46. The van der Waals surface area contributed by atoms with Crippen molar-refractivity contribution >= 4 is 15.9 Å². The van der Waals surface area contributed by atoms with Gasteiger partial charge in [-0.1, -0.05) is 0 Å². The number of hydrogen-bond donors (Lipinski definition) is 1. The number of rotatable bonds is 3. The zero-order valence-corrected chi connectivity index (χ0v) is 10.3. The van der Waals surface area contributed by atoms with E-state index in [1.165, 1.54) is 19.2 Å². The molecule has 1 atom stereocenters. The number of methoxy groups -OCH3 is 1. The Morgan fingerprint density at radius 1 is 1.47 bits per heavy atom. The van der Waals surface area contributed by atoms with Gasteiger partial charge in [-0.2, -0.15) is 8.78 Å². The van der Waals surface area contributed by atoms with Crippen molar-refractivity contribution in [3.63, 3.8) is 0 Å². The molecule has 0 aliphatic carbocycles. The maximum atomic E-state index is 12.9. The lowest BCUT2D eigenvalue weighted by atomic mass is 10.1. The molecule has 0 spiro atoms. The fourth-order valence-electron chi connectivity index (χ4n) is 1.50. The van der Waals surface area contributed by atoms with Gasteiger partial charge >= 0.3 is 4.83 Å². The Bertz CT molecular complexity index is 433. The second-order valence-corrected chi connectivity index (χ2v) is 4.46. The average Bonchev–Trinajstić information content (AvgIpc) is 2.73. The van der Waals surface area contributed by atoms with Crippen molar-refractivity contribution < 1.29 is 28.1 Å². The topological polar surface area (TPSA) is 47.9 Å². The minimum absolute atomic E-state index is 0.00402. The standard InChI is InChI=1S/C10H9BrF2O4/c1-15-6-2-5(9(14)10(11,12)13)3-7-8(6)17-4-16-7/h2-3,9,14H,4H2,1H3. The van der Waals surface area contributed by atoms with Crippen LogP contribution in [-0.2, 0) is 0 Å². The zero-order valence-electron chi connectivity index (χ0n) is 8.75. The van der Waals surface area contributed by atoms with E-state index in [0.29, 0.717) is 5.75 Å². The minimum Gasteiger partial charge on any atom is -0.493 e. The van der Waals surface area contributed by atoms with Crippen LogP contribution in [0.1, 0.15) is 11.7 Å². The number of alkyl halides is 3. The molecule has 94 valence electrons. The lowest BCUT2D eigenvalue weighted by Gasteiger charge is -2.17. The van der Waals surface area contributed by atoms with E-state index in [9.17, 15) is 13.9 Å². The molecule has 1 aromatic rings. The molecule has 0 fully saturated rings. The molecular formula is C10H9BrF2O4. The van der Waals surface area contributed by atoms with Gasteiger partial charge in [-0.15, -0.1) is 0 Å². The van der Waals surface area contributed by atoms with Gasteiger partial charge in [-0.05, 0) is 33.6 Å². The molecule has 0 aromatic heterocycles. The molecule has 1 heterocycles. The number of benzene rings is 1. The van der Waals surface area contributed by atoms with E-state index >= 15 is 0 Å². The Kier molecular flexibility index (Phi) is 3.13. The molecule has 0 bridgehead atoms. The lowest BCUT2D eigenvalue weighted by molar-refractivity contribution is -0.0295. The first-order chi connectivity index (χ1) is 7.93. The van der Waals surface area contributed by atoms with Crippen molar-refractivity contribution in [3.05, 3.63) is 17.7 Å². The van der Waals surface area contributed by atoms with Crippen LogP contribution in [0, 0.1) is 0 Å². The van der Waals surface area contributed by atoms with Crippen LogP contribution >= 0.6 is 15.9 Å². The molecule has 1 N–H and O–H groups in total. The number of hydrogen-bond acceptors (Lipinski definition) is 4. The molecule has 7 heteroatoms. The van der Waals surface area contributed by atoms with Crippen LogP contribution in [0.15, 0.2) is 12.1 Å². The van der Waals surface area contributed by atoms with Gasteiger partial charge in [0.25, 0.3) is 0 Å². The van der Waals surface area contributed by atoms with Gasteiger partial charge in [0.05, 0.1) is 7.11 Å². The molecule has 1 aliphatic rings. The largest absolute Gasteiger partial charge is 0.493 e. The van der Waals surface area contributed by atoms with Gasteiger partial charge in [0, 0.05) is 0 Å². The second-order valence-electron chi connectivity index (χ2n) is 3.40. The van der Waals surface area contributed by atoms with Crippen LogP contribution in [0.25, 0.3) is 0 Å². The monoisotopic (exact) mass is 310 g/mol. The summed E-state index contributed by atoms with van der Waals surface area (Å²) in [5.41, 5.74) is -0.0204. The first kappa shape index (κ1) is 12.4. The van der Waals surface area contributed by atoms with Gasteiger partial charge in [0.2, 0.25) is 12.5 Å². The summed E-state index contributed by atoms with van der Waals surface area (Å²) in [5.74, 6) is 0.863. The van der Waals surface area contributed by atoms with E-state index in [-0.39, 0.29) is 23.9 Å². The highest BCUT2D eigenvalue weighted by atomic mass is 79.9. The fourth-order valence-corrected chi connectivity index (χ4v) is 1.76. The van der Waals surface area contributed by atoms with Crippen LogP contribution < -0.4 is 14.2 Å². The Morgan fingerprint density at radius 2 is 2.18 bits per heavy atom. The molecule has 0 saturated carbocycles. The minimum atomic E-state index is -3.42. The van der Waals surface area contributed by atoms with Crippen molar-refractivity contribution in [2.75, 3.05) is 13.9 Å². The van der Waals surface area contributed by atoms with Crippen molar-refractivity contribution in [3.8, 4) is 17.2 Å². The molecule has 4 nitrogen and oxygen atoms in total. The molecule has 2 rings (SSSR count). The number of ether oxygens (including phenoxy) is 3.